The summed E-state index contributed by atoms with van der Waals surface area (Å²) in [6.45, 7) is 2.38. The molecular weight excluding hydrogens is 262 g/mol. The zero-order valence-corrected chi connectivity index (χ0v) is 11.4. The van der Waals surface area contributed by atoms with Crippen molar-refractivity contribution in [1.29, 1.82) is 0 Å². The van der Waals surface area contributed by atoms with Crippen LogP contribution in [0.4, 0.5) is 0 Å². The molecule has 1 aliphatic rings. The van der Waals surface area contributed by atoms with Gasteiger partial charge in [0.1, 0.15) is 6.04 Å². The van der Waals surface area contributed by atoms with Crippen LogP contribution in [0.15, 0.2) is 35.3 Å². The number of benzene rings is 1. The van der Waals surface area contributed by atoms with E-state index in [0.717, 1.165) is 12.3 Å². The second-order valence-electron chi connectivity index (χ2n) is 4.09. The van der Waals surface area contributed by atoms with E-state index in [1.54, 1.807) is 31.2 Å². The van der Waals surface area contributed by atoms with Crippen LogP contribution in [0.5, 0.6) is 0 Å². The average molecular weight is 277 g/mol. The molecule has 0 unspecified atom stereocenters. The number of hydrogen-bond acceptors (Lipinski definition) is 4. The van der Waals surface area contributed by atoms with Gasteiger partial charge in [0.05, 0.1) is 6.54 Å². The van der Waals surface area contributed by atoms with Crippen molar-refractivity contribution in [1.82, 2.24) is 10.6 Å². The summed E-state index contributed by atoms with van der Waals surface area (Å²) < 4.78 is 0. The van der Waals surface area contributed by atoms with Crippen LogP contribution < -0.4 is 10.6 Å². The molecular formula is C13H15N3O2S. The maximum atomic E-state index is 11.9. The van der Waals surface area contributed by atoms with E-state index in [0.29, 0.717) is 10.7 Å². The molecule has 0 bridgehead atoms. The smallest absolute Gasteiger partial charge is 0.251 e. The molecule has 100 valence electrons. The molecule has 0 saturated carbocycles. The Balaban J connectivity index is 1.88. The van der Waals surface area contributed by atoms with Gasteiger partial charge in [-0.2, -0.15) is 0 Å². The molecule has 0 spiro atoms. The van der Waals surface area contributed by atoms with Gasteiger partial charge in [0.15, 0.2) is 5.17 Å². The first kappa shape index (κ1) is 13.6. The molecule has 0 radical (unpaired) electrons. The van der Waals surface area contributed by atoms with Gasteiger partial charge in [-0.3, -0.25) is 14.6 Å². The molecule has 1 atom stereocenters. The van der Waals surface area contributed by atoms with E-state index in [4.69, 9.17) is 0 Å². The SMILES string of the molecule is C[C@@H](NC(=O)c1ccccc1)C(=O)NC1=NCCS1. The standard InChI is InChI=1S/C13H15N3O2S/c1-9(11(17)16-13-14-7-8-19-13)15-12(18)10-5-3-2-4-6-10/h2-6,9H,7-8H2,1H3,(H,15,18)(H,14,16,17)/t9-/m1/s1. The summed E-state index contributed by atoms with van der Waals surface area (Å²) in [6.07, 6.45) is 0. The second kappa shape index (κ2) is 6.38. The van der Waals surface area contributed by atoms with Gasteiger partial charge in [0.25, 0.3) is 5.91 Å². The van der Waals surface area contributed by atoms with E-state index in [-0.39, 0.29) is 11.8 Å². The molecule has 1 aliphatic heterocycles. The molecule has 0 aliphatic carbocycles. The first-order valence-electron chi connectivity index (χ1n) is 6.01. The van der Waals surface area contributed by atoms with E-state index in [1.165, 1.54) is 11.8 Å². The molecule has 6 heteroatoms. The van der Waals surface area contributed by atoms with Crippen LogP contribution in [-0.4, -0.2) is 35.3 Å². The largest absolute Gasteiger partial charge is 0.341 e. The fraction of sp³-hybridized carbons (Fsp3) is 0.308. The van der Waals surface area contributed by atoms with Crippen molar-refractivity contribution in [3.8, 4) is 0 Å². The third-order valence-electron chi connectivity index (χ3n) is 2.59. The maximum absolute atomic E-state index is 11.9. The highest BCUT2D eigenvalue weighted by Gasteiger charge is 2.19. The van der Waals surface area contributed by atoms with Crippen molar-refractivity contribution in [3.63, 3.8) is 0 Å². The number of aliphatic imine (C=N–C) groups is 1. The van der Waals surface area contributed by atoms with E-state index in [1.807, 2.05) is 6.07 Å². The van der Waals surface area contributed by atoms with Crippen LogP contribution in [0.1, 0.15) is 17.3 Å². The van der Waals surface area contributed by atoms with Crippen molar-refractivity contribution >= 4 is 28.7 Å². The highest BCUT2D eigenvalue weighted by Crippen LogP contribution is 2.09. The Kier molecular flexibility index (Phi) is 4.57. The normalized spacial score (nSPS) is 15.5. The molecule has 2 rings (SSSR count). The molecule has 19 heavy (non-hydrogen) atoms. The summed E-state index contributed by atoms with van der Waals surface area (Å²) in [5, 5.41) is 5.98. The van der Waals surface area contributed by atoms with Crippen molar-refractivity contribution in [3.05, 3.63) is 35.9 Å². The molecule has 1 aromatic carbocycles. The Morgan fingerprint density at radius 2 is 2.05 bits per heavy atom. The lowest BCUT2D eigenvalue weighted by Crippen LogP contribution is -2.45. The van der Waals surface area contributed by atoms with Crippen molar-refractivity contribution < 1.29 is 9.59 Å². The molecule has 2 amide bonds. The zero-order valence-electron chi connectivity index (χ0n) is 10.6. The minimum Gasteiger partial charge on any atom is -0.341 e. The van der Waals surface area contributed by atoms with Crippen molar-refractivity contribution in [2.24, 2.45) is 4.99 Å². The summed E-state index contributed by atoms with van der Waals surface area (Å²) in [4.78, 5) is 27.8. The molecule has 0 saturated heterocycles. The molecule has 1 heterocycles. The third kappa shape index (κ3) is 3.82. The van der Waals surface area contributed by atoms with Gasteiger partial charge in [-0.1, -0.05) is 30.0 Å². The van der Waals surface area contributed by atoms with Gasteiger partial charge in [0, 0.05) is 11.3 Å². The number of carbonyl (C=O) groups excluding carboxylic acids is 2. The zero-order chi connectivity index (χ0) is 13.7. The Morgan fingerprint density at radius 3 is 2.68 bits per heavy atom. The van der Waals surface area contributed by atoms with Gasteiger partial charge < -0.3 is 10.6 Å². The second-order valence-corrected chi connectivity index (χ2v) is 5.17. The lowest BCUT2D eigenvalue weighted by molar-refractivity contribution is -0.121. The Labute approximate surface area is 115 Å². The Hall–Kier alpha value is -1.82. The predicted octanol–water partition coefficient (Wildman–Crippen LogP) is 1.02. The van der Waals surface area contributed by atoms with E-state index in [2.05, 4.69) is 15.6 Å². The van der Waals surface area contributed by atoms with Gasteiger partial charge in [-0.15, -0.1) is 0 Å². The number of amidine groups is 1. The monoisotopic (exact) mass is 277 g/mol. The van der Waals surface area contributed by atoms with E-state index in [9.17, 15) is 9.59 Å². The Morgan fingerprint density at radius 1 is 1.32 bits per heavy atom. The summed E-state index contributed by atoms with van der Waals surface area (Å²) >= 11 is 1.51. The number of nitrogens with zero attached hydrogens (tertiary/aromatic N) is 1. The van der Waals surface area contributed by atoms with Gasteiger partial charge in [0.2, 0.25) is 5.91 Å². The molecule has 1 aromatic rings. The van der Waals surface area contributed by atoms with Crippen molar-refractivity contribution in [2.75, 3.05) is 12.3 Å². The minimum atomic E-state index is -0.600. The number of rotatable bonds is 3. The van der Waals surface area contributed by atoms with Gasteiger partial charge >= 0.3 is 0 Å². The van der Waals surface area contributed by atoms with Crippen molar-refractivity contribution in [2.45, 2.75) is 13.0 Å². The first-order chi connectivity index (χ1) is 9.16. The molecule has 5 nitrogen and oxygen atoms in total. The summed E-state index contributed by atoms with van der Waals surface area (Å²) in [6, 6.07) is 8.21. The number of thioether (sulfide) groups is 1. The average Bonchev–Trinajstić information content (AvgIpc) is 2.92. The highest BCUT2D eigenvalue weighted by molar-refractivity contribution is 8.14. The van der Waals surface area contributed by atoms with Crippen LogP contribution in [0.3, 0.4) is 0 Å². The number of hydrogen-bond donors (Lipinski definition) is 2. The molecule has 0 aromatic heterocycles. The summed E-state index contributed by atoms with van der Waals surface area (Å²) in [7, 11) is 0. The highest BCUT2D eigenvalue weighted by atomic mass is 32.2. The van der Waals surface area contributed by atoms with Crippen LogP contribution in [0.2, 0.25) is 0 Å². The summed E-state index contributed by atoms with van der Waals surface area (Å²) in [5.74, 6) is 0.377. The number of carbonyl (C=O) groups is 2. The summed E-state index contributed by atoms with van der Waals surface area (Å²) in [5.41, 5.74) is 0.537. The van der Waals surface area contributed by atoms with E-state index >= 15 is 0 Å². The maximum Gasteiger partial charge on any atom is 0.251 e. The molecule has 2 N–H and O–H groups in total. The van der Waals surface area contributed by atoms with Crippen LogP contribution in [0.25, 0.3) is 0 Å². The lowest BCUT2D eigenvalue weighted by atomic mass is 10.2. The van der Waals surface area contributed by atoms with Gasteiger partial charge in [-0.05, 0) is 19.1 Å². The first-order valence-corrected chi connectivity index (χ1v) is 6.99. The lowest BCUT2D eigenvalue weighted by Gasteiger charge is -2.13. The minimum absolute atomic E-state index is 0.252. The van der Waals surface area contributed by atoms with Gasteiger partial charge in [-0.25, -0.2) is 0 Å². The predicted molar refractivity (Wildman–Crippen MR) is 76.3 cm³/mol. The van der Waals surface area contributed by atoms with Crippen LogP contribution in [0, 0.1) is 0 Å². The third-order valence-corrected chi connectivity index (χ3v) is 3.48. The van der Waals surface area contributed by atoms with E-state index < -0.39 is 6.04 Å². The fourth-order valence-electron chi connectivity index (χ4n) is 1.56. The number of amides is 2. The van der Waals surface area contributed by atoms with Crippen LogP contribution in [-0.2, 0) is 4.79 Å². The quantitative estimate of drug-likeness (QED) is 0.866. The topological polar surface area (TPSA) is 70.6 Å². The number of nitrogens with one attached hydrogen (secondary N) is 2. The fourth-order valence-corrected chi connectivity index (χ4v) is 2.29. The molecule has 0 fully saturated rings. The Bertz CT molecular complexity index is 502. The van der Waals surface area contributed by atoms with Crippen LogP contribution >= 0.6 is 11.8 Å².